The number of carbonyl (C=O) groups is 4. The Morgan fingerprint density at radius 3 is 2.14 bits per heavy atom. The van der Waals surface area contributed by atoms with E-state index in [1.54, 1.807) is 21.9 Å². The first-order valence-corrected chi connectivity index (χ1v) is 15.4. The van der Waals surface area contributed by atoms with Crippen molar-refractivity contribution in [2.75, 3.05) is 38.0 Å². The summed E-state index contributed by atoms with van der Waals surface area (Å²) in [5.41, 5.74) is 3.53. The van der Waals surface area contributed by atoms with Crippen LogP contribution in [0, 0.1) is 12.8 Å². The molecule has 3 aliphatic heterocycles. The molecule has 0 saturated carbocycles. The van der Waals surface area contributed by atoms with Crippen LogP contribution in [0.5, 0.6) is 0 Å². The van der Waals surface area contributed by atoms with E-state index in [0.717, 1.165) is 22.4 Å². The lowest BCUT2D eigenvalue weighted by Crippen LogP contribution is -2.49. The summed E-state index contributed by atoms with van der Waals surface area (Å²) in [5, 5.41) is 2.94. The van der Waals surface area contributed by atoms with Crippen molar-refractivity contribution in [2.24, 2.45) is 5.92 Å². The second-order valence-corrected chi connectivity index (χ2v) is 12.2. The van der Waals surface area contributed by atoms with E-state index in [1.165, 1.54) is 0 Å². The number of likely N-dealkylation sites (tertiary alicyclic amines) is 2. The first-order valence-electron chi connectivity index (χ1n) is 15.4. The summed E-state index contributed by atoms with van der Waals surface area (Å²) >= 11 is 0. The van der Waals surface area contributed by atoms with E-state index in [1.807, 2.05) is 78.6 Å². The number of anilines is 1. The minimum atomic E-state index is -0.596. The molecule has 4 amide bonds. The lowest BCUT2D eigenvalue weighted by atomic mass is 9.88. The molecule has 3 fully saturated rings. The third-order valence-corrected chi connectivity index (χ3v) is 9.09. The maximum atomic E-state index is 13.2. The number of ether oxygens (including phenoxy) is 1. The number of amides is 4. The van der Waals surface area contributed by atoms with Crippen LogP contribution in [0.3, 0.4) is 0 Å². The Labute approximate surface area is 257 Å². The monoisotopic (exact) mass is 594 g/mol. The van der Waals surface area contributed by atoms with Gasteiger partial charge in [-0.25, -0.2) is 9.59 Å². The number of Topliss-reactive ketones (excluding diaryl/α,β-unsaturated/α-hetero) is 1. The number of aryl methyl sites for hydroxylation is 1. The molecule has 9 nitrogen and oxygen atoms in total. The highest BCUT2D eigenvalue weighted by Gasteiger charge is 2.47. The summed E-state index contributed by atoms with van der Waals surface area (Å²) in [6, 6.07) is 24.3. The van der Waals surface area contributed by atoms with Crippen molar-refractivity contribution in [1.82, 2.24) is 14.7 Å². The number of urea groups is 1. The summed E-state index contributed by atoms with van der Waals surface area (Å²) in [4.78, 5) is 56.8. The molecule has 0 atom stereocenters. The van der Waals surface area contributed by atoms with Gasteiger partial charge in [0.05, 0.1) is 6.54 Å². The molecule has 1 N–H and O–H groups in total. The molecule has 9 heteroatoms. The Morgan fingerprint density at radius 1 is 0.818 bits per heavy atom. The maximum absolute atomic E-state index is 13.2. The van der Waals surface area contributed by atoms with Gasteiger partial charge in [-0.3, -0.25) is 14.5 Å². The molecule has 3 aliphatic rings. The number of ketones is 1. The molecule has 0 aliphatic carbocycles. The largest absolute Gasteiger partial charge is 0.441 e. The molecule has 3 aromatic rings. The van der Waals surface area contributed by atoms with E-state index in [-0.39, 0.29) is 29.7 Å². The molecule has 0 aromatic heterocycles. The quantitative estimate of drug-likeness (QED) is 0.367. The molecule has 0 bridgehead atoms. The third-order valence-electron chi connectivity index (χ3n) is 9.09. The zero-order valence-corrected chi connectivity index (χ0v) is 25.0. The smallest absolute Gasteiger partial charge is 0.410 e. The fourth-order valence-corrected chi connectivity index (χ4v) is 6.37. The summed E-state index contributed by atoms with van der Waals surface area (Å²) in [5.74, 6) is 0.0497. The lowest BCUT2D eigenvalue weighted by molar-refractivity contribution is 0.0108. The summed E-state index contributed by atoms with van der Waals surface area (Å²) in [7, 11) is 0. The number of carbonyl (C=O) groups excluding carboxylic acids is 4. The summed E-state index contributed by atoms with van der Waals surface area (Å²) in [6.45, 7) is 4.98. The van der Waals surface area contributed by atoms with Gasteiger partial charge in [0.15, 0.2) is 5.78 Å². The topological polar surface area (TPSA) is 99.3 Å². The summed E-state index contributed by atoms with van der Waals surface area (Å²) in [6.07, 6.45) is 2.13. The van der Waals surface area contributed by atoms with Gasteiger partial charge in [0.2, 0.25) is 0 Å². The number of piperidine rings is 2. The molecule has 228 valence electrons. The van der Waals surface area contributed by atoms with Crippen molar-refractivity contribution in [3.8, 4) is 0 Å². The lowest BCUT2D eigenvalue weighted by Gasteiger charge is -2.37. The zero-order chi connectivity index (χ0) is 30.7. The van der Waals surface area contributed by atoms with Crippen LogP contribution in [0.2, 0.25) is 0 Å². The van der Waals surface area contributed by atoms with E-state index < -0.39 is 5.60 Å². The van der Waals surface area contributed by atoms with Crippen LogP contribution in [0.1, 0.15) is 57.5 Å². The highest BCUT2D eigenvalue weighted by molar-refractivity contribution is 5.98. The van der Waals surface area contributed by atoms with Crippen LogP contribution in [0.4, 0.5) is 15.3 Å². The standard InChI is InChI=1S/C35H38N4O5/c1-25-7-13-30(14-8-25)36-33(42)38-21-17-35(18-22-38)24-39(34(43)44-35)23-26-9-11-29(12-10-26)32(41)37-19-15-28(16-20-37)31(40)27-5-3-2-4-6-27/h2-14,28H,15-24H2,1H3,(H,36,42). The van der Waals surface area contributed by atoms with Crippen LogP contribution < -0.4 is 5.32 Å². The highest BCUT2D eigenvalue weighted by Crippen LogP contribution is 2.34. The molecule has 3 heterocycles. The van der Waals surface area contributed by atoms with Gasteiger partial charge in [0, 0.05) is 68.3 Å². The van der Waals surface area contributed by atoms with Gasteiger partial charge in [0.25, 0.3) is 5.91 Å². The van der Waals surface area contributed by atoms with E-state index >= 15 is 0 Å². The van der Waals surface area contributed by atoms with E-state index in [2.05, 4.69) is 5.32 Å². The Hall–Kier alpha value is -4.66. The molecule has 1 spiro atoms. The fourth-order valence-electron chi connectivity index (χ4n) is 6.37. The van der Waals surface area contributed by atoms with Crippen LogP contribution in [0.25, 0.3) is 0 Å². The average Bonchev–Trinajstić information content (AvgIpc) is 3.35. The molecule has 3 aromatic carbocycles. The minimum absolute atomic E-state index is 0.0418. The average molecular weight is 595 g/mol. The summed E-state index contributed by atoms with van der Waals surface area (Å²) < 4.78 is 5.87. The zero-order valence-electron chi connectivity index (χ0n) is 25.0. The van der Waals surface area contributed by atoms with Crippen molar-refractivity contribution in [2.45, 2.75) is 44.8 Å². The number of nitrogens with zero attached hydrogens (tertiary/aromatic N) is 3. The second kappa shape index (κ2) is 12.5. The predicted octanol–water partition coefficient (Wildman–Crippen LogP) is 5.75. The first-order chi connectivity index (χ1) is 21.3. The number of hydrogen-bond donors (Lipinski definition) is 1. The van der Waals surface area contributed by atoms with Crippen molar-refractivity contribution < 1.29 is 23.9 Å². The molecule has 6 rings (SSSR count). The van der Waals surface area contributed by atoms with Gasteiger partial charge < -0.3 is 19.9 Å². The Bertz CT molecular complexity index is 1510. The van der Waals surface area contributed by atoms with Crippen molar-refractivity contribution in [3.05, 3.63) is 101 Å². The van der Waals surface area contributed by atoms with Gasteiger partial charge in [-0.1, -0.05) is 60.2 Å². The van der Waals surface area contributed by atoms with Crippen molar-refractivity contribution >= 4 is 29.5 Å². The highest BCUT2D eigenvalue weighted by atomic mass is 16.6. The minimum Gasteiger partial charge on any atom is -0.441 e. The number of benzene rings is 3. The van der Waals surface area contributed by atoms with Gasteiger partial charge in [0.1, 0.15) is 5.60 Å². The molecule has 44 heavy (non-hydrogen) atoms. The SMILES string of the molecule is Cc1ccc(NC(=O)N2CCC3(CC2)CN(Cc2ccc(C(=O)N4CCC(C(=O)c5ccccc5)CC4)cc2)C(=O)O3)cc1. The number of hydrogen-bond acceptors (Lipinski definition) is 5. The van der Waals surface area contributed by atoms with E-state index in [9.17, 15) is 19.2 Å². The molecular formula is C35H38N4O5. The van der Waals surface area contributed by atoms with Gasteiger partial charge in [-0.2, -0.15) is 0 Å². The molecular weight excluding hydrogens is 556 g/mol. The van der Waals surface area contributed by atoms with Gasteiger partial charge >= 0.3 is 12.1 Å². The van der Waals surface area contributed by atoms with E-state index in [4.69, 9.17) is 4.74 Å². The van der Waals surface area contributed by atoms with E-state index in [0.29, 0.717) is 70.5 Å². The van der Waals surface area contributed by atoms with Crippen LogP contribution in [-0.2, 0) is 11.3 Å². The Balaban J connectivity index is 0.977. The number of rotatable bonds is 6. The Kier molecular flexibility index (Phi) is 8.37. The second-order valence-electron chi connectivity index (χ2n) is 12.2. The number of nitrogens with one attached hydrogen (secondary N) is 1. The molecule has 3 saturated heterocycles. The molecule has 0 radical (unpaired) electrons. The predicted molar refractivity (Wildman–Crippen MR) is 166 cm³/mol. The van der Waals surface area contributed by atoms with Gasteiger partial charge in [-0.15, -0.1) is 0 Å². The normalized spacial score (nSPS) is 18.3. The fraction of sp³-hybridized carbons (Fsp3) is 0.371. The third kappa shape index (κ3) is 6.46. The van der Waals surface area contributed by atoms with Crippen LogP contribution >= 0.6 is 0 Å². The Morgan fingerprint density at radius 2 is 1.48 bits per heavy atom. The van der Waals surface area contributed by atoms with Crippen LogP contribution in [-0.4, -0.2) is 76.8 Å². The van der Waals surface area contributed by atoms with Crippen LogP contribution in [0.15, 0.2) is 78.9 Å². The van der Waals surface area contributed by atoms with Crippen molar-refractivity contribution in [1.29, 1.82) is 0 Å². The molecule has 0 unspecified atom stereocenters. The maximum Gasteiger partial charge on any atom is 0.410 e. The first kappa shape index (κ1) is 29.4. The van der Waals surface area contributed by atoms with Crippen molar-refractivity contribution in [3.63, 3.8) is 0 Å². The van der Waals surface area contributed by atoms with Gasteiger partial charge in [-0.05, 0) is 49.6 Å².